The van der Waals surface area contributed by atoms with Crippen LogP contribution in [0.1, 0.15) is 55.8 Å². The number of nitrogens with one attached hydrogen (secondary N) is 1. The predicted molar refractivity (Wildman–Crippen MR) is 125 cm³/mol. The summed E-state index contributed by atoms with van der Waals surface area (Å²) < 4.78 is 12.0. The van der Waals surface area contributed by atoms with E-state index in [1.165, 1.54) is 16.7 Å². The topological polar surface area (TPSA) is 119 Å². The number of esters is 1. The highest BCUT2D eigenvalue weighted by Crippen LogP contribution is 2.34. The molecule has 0 radical (unpaired) electrons. The molecule has 10 nitrogen and oxygen atoms in total. The highest BCUT2D eigenvalue weighted by atomic mass is 16.5. The second kappa shape index (κ2) is 9.40. The number of amides is 1. The van der Waals surface area contributed by atoms with Gasteiger partial charge >= 0.3 is 5.97 Å². The molecule has 180 valence electrons. The van der Waals surface area contributed by atoms with Gasteiger partial charge in [-0.15, -0.1) is 0 Å². The minimum atomic E-state index is -0.712. The zero-order valence-corrected chi connectivity index (χ0v) is 19.2. The van der Waals surface area contributed by atoms with Crippen molar-refractivity contribution in [2.45, 2.75) is 13.3 Å². The summed E-state index contributed by atoms with van der Waals surface area (Å²) in [5.74, 6) is -1.82. The molecule has 35 heavy (non-hydrogen) atoms. The molecule has 0 unspecified atom stereocenters. The summed E-state index contributed by atoms with van der Waals surface area (Å²) >= 11 is 0. The Bertz CT molecular complexity index is 1360. The fourth-order valence-electron chi connectivity index (χ4n) is 4.51. The van der Waals surface area contributed by atoms with Gasteiger partial charge in [0.15, 0.2) is 5.78 Å². The van der Waals surface area contributed by atoms with Crippen LogP contribution in [0.4, 0.5) is 5.69 Å². The van der Waals surface area contributed by atoms with Crippen LogP contribution in [0.25, 0.3) is 5.52 Å². The van der Waals surface area contributed by atoms with Crippen LogP contribution in [0, 0.1) is 0 Å². The standard InChI is InChI=1S/C25H24N4O6/c1-2-35-25(33)19-17-14-15(27-18(30)6-8-28-10-12-34-13-11-28)5-9-29(17)22-20(19)23(31)16-4-3-7-26-21(16)24(22)32/h3-5,7,9,14H,2,6,8,10-13H2,1H3,(H,27,30). The Hall–Kier alpha value is -3.89. The number of carbonyl (C=O) groups excluding carboxylic acids is 4. The molecule has 1 saturated heterocycles. The first-order valence-electron chi connectivity index (χ1n) is 11.5. The molecule has 1 aliphatic heterocycles. The lowest BCUT2D eigenvalue weighted by Crippen LogP contribution is -2.38. The molecule has 4 heterocycles. The van der Waals surface area contributed by atoms with E-state index in [1.807, 2.05) is 0 Å². The molecular formula is C25H24N4O6. The van der Waals surface area contributed by atoms with Crippen molar-refractivity contribution < 1.29 is 28.7 Å². The van der Waals surface area contributed by atoms with Crippen LogP contribution in [-0.2, 0) is 14.3 Å². The smallest absolute Gasteiger partial charge is 0.341 e. The molecule has 2 aliphatic rings. The molecule has 3 aromatic heterocycles. The predicted octanol–water partition coefficient (Wildman–Crippen LogP) is 1.95. The Morgan fingerprint density at radius 2 is 1.97 bits per heavy atom. The van der Waals surface area contributed by atoms with Crippen molar-refractivity contribution in [1.82, 2.24) is 14.3 Å². The molecule has 0 atom stereocenters. The van der Waals surface area contributed by atoms with Gasteiger partial charge in [0.2, 0.25) is 11.7 Å². The monoisotopic (exact) mass is 476 g/mol. The number of aromatic nitrogens is 2. The van der Waals surface area contributed by atoms with Gasteiger partial charge in [0.25, 0.3) is 0 Å². The summed E-state index contributed by atoms with van der Waals surface area (Å²) in [5, 5.41) is 2.85. The fraction of sp³-hybridized carbons (Fsp3) is 0.320. The molecule has 1 aliphatic carbocycles. The van der Waals surface area contributed by atoms with Gasteiger partial charge in [-0.3, -0.25) is 24.3 Å². The van der Waals surface area contributed by atoms with E-state index in [4.69, 9.17) is 9.47 Å². The summed E-state index contributed by atoms with van der Waals surface area (Å²) in [6, 6.07) is 6.29. The lowest BCUT2D eigenvalue weighted by Gasteiger charge is -2.26. The average molecular weight is 476 g/mol. The molecule has 1 amide bonds. The molecule has 0 bridgehead atoms. The van der Waals surface area contributed by atoms with Crippen LogP contribution in [0.3, 0.4) is 0 Å². The van der Waals surface area contributed by atoms with E-state index in [9.17, 15) is 19.2 Å². The minimum Gasteiger partial charge on any atom is -0.462 e. The zero-order valence-electron chi connectivity index (χ0n) is 19.2. The van der Waals surface area contributed by atoms with Crippen LogP contribution < -0.4 is 5.32 Å². The quantitative estimate of drug-likeness (QED) is 0.420. The van der Waals surface area contributed by atoms with Crippen molar-refractivity contribution in [2.24, 2.45) is 0 Å². The molecule has 1 fully saturated rings. The van der Waals surface area contributed by atoms with E-state index in [0.29, 0.717) is 37.4 Å². The van der Waals surface area contributed by atoms with Gasteiger partial charge in [-0.25, -0.2) is 4.79 Å². The highest BCUT2D eigenvalue weighted by molar-refractivity contribution is 6.31. The van der Waals surface area contributed by atoms with E-state index in [2.05, 4.69) is 15.2 Å². The summed E-state index contributed by atoms with van der Waals surface area (Å²) in [6.07, 6.45) is 3.31. The molecule has 1 N–H and O–H groups in total. The maximum absolute atomic E-state index is 13.4. The van der Waals surface area contributed by atoms with Crippen molar-refractivity contribution in [3.05, 3.63) is 64.7 Å². The Morgan fingerprint density at radius 3 is 2.74 bits per heavy atom. The first-order chi connectivity index (χ1) is 17.0. The van der Waals surface area contributed by atoms with Gasteiger partial charge in [0.05, 0.1) is 42.0 Å². The number of ketones is 2. The number of hydrogen-bond acceptors (Lipinski definition) is 8. The third-order valence-corrected chi connectivity index (χ3v) is 6.17. The molecule has 3 aromatic rings. The molecular weight excluding hydrogens is 452 g/mol. The van der Waals surface area contributed by atoms with Gasteiger partial charge in [-0.05, 0) is 31.2 Å². The normalized spacial score (nSPS) is 15.6. The van der Waals surface area contributed by atoms with Crippen molar-refractivity contribution in [2.75, 3.05) is 44.8 Å². The summed E-state index contributed by atoms with van der Waals surface area (Å²) in [4.78, 5) is 58.4. The number of nitrogens with zero attached hydrogens (tertiary/aromatic N) is 3. The van der Waals surface area contributed by atoms with E-state index in [0.717, 1.165) is 13.1 Å². The van der Waals surface area contributed by atoms with Gasteiger partial charge in [-0.1, -0.05) is 0 Å². The molecule has 5 rings (SSSR count). The van der Waals surface area contributed by atoms with E-state index in [1.54, 1.807) is 31.3 Å². The Kier molecular flexibility index (Phi) is 6.14. The van der Waals surface area contributed by atoms with Crippen LogP contribution >= 0.6 is 0 Å². The Balaban J connectivity index is 1.51. The SMILES string of the molecule is CCOC(=O)c1c2c(n3ccc(NC(=O)CCN4CCOCC4)cc13)C(=O)c1ncccc1C2=O. The van der Waals surface area contributed by atoms with Crippen LogP contribution in [0.5, 0.6) is 0 Å². The Labute approximate surface area is 200 Å². The lowest BCUT2D eigenvalue weighted by atomic mass is 9.89. The van der Waals surface area contributed by atoms with Crippen molar-refractivity contribution in [3.63, 3.8) is 0 Å². The summed E-state index contributed by atoms with van der Waals surface area (Å²) in [7, 11) is 0. The number of hydrogen-bond donors (Lipinski definition) is 1. The third kappa shape index (κ3) is 4.11. The maximum atomic E-state index is 13.4. The second-order valence-electron chi connectivity index (χ2n) is 8.30. The van der Waals surface area contributed by atoms with E-state index < -0.39 is 17.5 Å². The van der Waals surface area contributed by atoms with Crippen molar-refractivity contribution in [3.8, 4) is 0 Å². The van der Waals surface area contributed by atoms with E-state index in [-0.39, 0.29) is 40.6 Å². The number of carbonyl (C=O) groups is 4. The number of rotatable bonds is 6. The van der Waals surface area contributed by atoms with Crippen LogP contribution in [-0.4, -0.2) is 77.2 Å². The number of ether oxygens (including phenoxy) is 2. The Morgan fingerprint density at radius 1 is 1.17 bits per heavy atom. The molecule has 0 aromatic carbocycles. The van der Waals surface area contributed by atoms with Gasteiger partial charge in [-0.2, -0.15) is 0 Å². The highest BCUT2D eigenvalue weighted by Gasteiger charge is 2.39. The molecule has 0 saturated carbocycles. The van der Waals surface area contributed by atoms with Crippen molar-refractivity contribution in [1.29, 1.82) is 0 Å². The molecule has 0 spiro atoms. The number of pyridine rings is 2. The number of fused-ring (bicyclic) bond motifs is 4. The third-order valence-electron chi connectivity index (χ3n) is 6.17. The number of anilines is 1. The zero-order chi connectivity index (χ0) is 24.5. The first-order valence-corrected chi connectivity index (χ1v) is 11.5. The van der Waals surface area contributed by atoms with Gasteiger partial charge in [0, 0.05) is 44.1 Å². The van der Waals surface area contributed by atoms with Crippen LogP contribution in [0.2, 0.25) is 0 Å². The van der Waals surface area contributed by atoms with E-state index >= 15 is 0 Å². The molecule has 10 heteroatoms. The van der Waals surface area contributed by atoms with Gasteiger partial charge < -0.3 is 19.2 Å². The number of morpholine rings is 1. The lowest BCUT2D eigenvalue weighted by molar-refractivity contribution is -0.116. The second-order valence-corrected chi connectivity index (χ2v) is 8.30. The van der Waals surface area contributed by atoms with Crippen LogP contribution in [0.15, 0.2) is 36.7 Å². The van der Waals surface area contributed by atoms with Gasteiger partial charge in [0.1, 0.15) is 11.4 Å². The minimum absolute atomic E-state index is 0.000816. The van der Waals surface area contributed by atoms with Crippen molar-refractivity contribution >= 4 is 34.6 Å². The average Bonchev–Trinajstić information content (AvgIpc) is 3.22. The summed E-state index contributed by atoms with van der Waals surface area (Å²) in [5.41, 5.74) is 0.978. The fourth-order valence-corrected chi connectivity index (χ4v) is 4.51. The largest absolute Gasteiger partial charge is 0.462 e. The maximum Gasteiger partial charge on any atom is 0.341 e. The summed E-state index contributed by atoms with van der Waals surface area (Å²) in [6.45, 7) is 5.26. The first kappa shape index (κ1) is 22.9.